The van der Waals surface area contributed by atoms with Gasteiger partial charge in [0, 0.05) is 23.0 Å². The smallest absolute Gasteiger partial charge is 0.161 e. The highest BCUT2D eigenvalue weighted by atomic mass is 16.1. The molecule has 0 saturated carbocycles. The van der Waals surface area contributed by atoms with E-state index in [1.165, 1.54) is 6.92 Å². The summed E-state index contributed by atoms with van der Waals surface area (Å²) in [6.45, 7) is 3.78. The Morgan fingerprint density at radius 2 is 2.06 bits per heavy atom. The first kappa shape index (κ1) is 12.9. The molecule has 4 nitrogen and oxygen atoms in total. The molecule has 0 unspecified atom stereocenters. The first-order valence-electron chi connectivity index (χ1n) is 6.42. The summed E-state index contributed by atoms with van der Waals surface area (Å²) in [7, 11) is 2.15. The molecule has 3 N–H and O–H groups in total. The molecule has 1 aromatic carbocycles. The largest absolute Gasteiger partial charge is 0.398 e. The lowest BCUT2D eigenvalue weighted by Gasteiger charge is -2.30. The van der Waals surface area contributed by atoms with Crippen LogP contribution in [0.3, 0.4) is 0 Å². The number of carbonyl (C=O) groups is 1. The summed E-state index contributed by atoms with van der Waals surface area (Å²) in [5, 5.41) is 3.49. The van der Waals surface area contributed by atoms with E-state index >= 15 is 0 Å². The number of hydrogen-bond acceptors (Lipinski definition) is 4. The number of ketones is 1. The highest BCUT2D eigenvalue weighted by Crippen LogP contribution is 2.21. The Balaban J connectivity index is 2.02. The highest BCUT2D eigenvalue weighted by molar-refractivity contribution is 5.99. The molecule has 2 rings (SSSR count). The van der Waals surface area contributed by atoms with E-state index in [9.17, 15) is 4.79 Å². The van der Waals surface area contributed by atoms with Gasteiger partial charge in [0.15, 0.2) is 5.78 Å². The number of carbonyl (C=O) groups excluding carboxylic acids is 1. The van der Waals surface area contributed by atoms with Crippen molar-refractivity contribution in [2.75, 3.05) is 31.2 Å². The van der Waals surface area contributed by atoms with E-state index in [2.05, 4.69) is 17.3 Å². The predicted octanol–water partition coefficient (Wildman–Crippen LogP) is 1.98. The molecule has 18 heavy (non-hydrogen) atoms. The molecule has 0 spiro atoms. The van der Waals surface area contributed by atoms with Gasteiger partial charge in [-0.05, 0) is 58.1 Å². The lowest BCUT2D eigenvalue weighted by atomic mass is 10.0. The van der Waals surface area contributed by atoms with Crippen molar-refractivity contribution >= 4 is 17.2 Å². The average Bonchev–Trinajstić information content (AvgIpc) is 2.32. The van der Waals surface area contributed by atoms with Gasteiger partial charge < -0.3 is 16.0 Å². The molecule has 0 bridgehead atoms. The normalized spacial score (nSPS) is 17.7. The maximum atomic E-state index is 11.3. The van der Waals surface area contributed by atoms with Crippen LogP contribution in [0.25, 0.3) is 0 Å². The van der Waals surface area contributed by atoms with Crippen molar-refractivity contribution in [2.24, 2.45) is 0 Å². The van der Waals surface area contributed by atoms with Gasteiger partial charge in [-0.1, -0.05) is 0 Å². The van der Waals surface area contributed by atoms with E-state index < -0.39 is 0 Å². The molecule has 0 amide bonds. The molecule has 0 aliphatic carbocycles. The number of piperidine rings is 1. The molecule has 0 atom stereocenters. The van der Waals surface area contributed by atoms with Gasteiger partial charge in [-0.15, -0.1) is 0 Å². The van der Waals surface area contributed by atoms with Crippen LogP contribution < -0.4 is 11.1 Å². The third-order valence-electron chi connectivity index (χ3n) is 3.52. The Morgan fingerprint density at radius 1 is 1.39 bits per heavy atom. The van der Waals surface area contributed by atoms with E-state index in [1.807, 2.05) is 12.1 Å². The van der Waals surface area contributed by atoms with E-state index in [1.54, 1.807) is 6.07 Å². The number of rotatable bonds is 3. The highest BCUT2D eigenvalue weighted by Gasteiger charge is 2.16. The maximum absolute atomic E-state index is 11.3. The fraction of sp³-hybridized carbons (Fsp3) is 0.500. The van der Waals surface area contributed by atoms with Crippen molar-refractivity contribution in [3.8, 4) is 0 Å². The van der Waals surface area contributed by atoms with Crippen molar-refractivity contribution in [2.45, 2.75) is 25.8 Å². The number of Topliss-reactive ketones (excluding diaryl/α,β-unsaturated/α-hetero) is 1. The van der Waals surface area contributed by atoms with Crippen molar-refractivity contribution < 1.29 is 4.79 Å². The SMILES string of the molecule is CC(=O)c1ccc(NC2CCN(C)CC2)cc1N. The second kappa shape index (κ2) is 5.40. The fourth-order valence-corrected chi connectivity index (χ4v) is 2.36. The zero-order chi connectivity index (χ0) is 13.1. The van der Waals surface area contributed by atoms with Gasteiger partial charge in [-0.2, -0.15) is 0 Å². The van der Waals surface area contributed by atoms with Crippen LogP contribution in [0, 0.1) is 0 Å². The van der Waals surface area contributed by atoms with E-state index in [0.717, 1.165) is 31.6 Å². The van der Waals surface area contributed by atoms with Crippen LogP contribution in [0.1, 0.15) is 30.1 Å². The summed E-state index contributed by atoms with van der Waals surface area (Å²) >= 11 is 0. The summed E-state index contributed by atoms with van der Waals surface area (Å²) in [5.41, 5.74) is 8.04. The minimum absolute atomic E-state index is 0.0124. The first-order valence-corrected chi connectivity index (χ1v) is 6.42. The fourth-order valence-electron chi connectivity index (χ4n) is 2.36. The lowest BCUT2D eigenvalue weighted by molar-refractivity contribution is 0.101. The number of benzene rings is 1. The number of nitrogens with zero attached hydrogens (tertiary/aromatic N) is 1. The Labute approximate surface area is 108 Å². The Morgan fingerprint density at radius 3 is 2.61 bits per heavy atom. The molecule has 1 fully saturated rings. The van der Waals surface area contributed by atoms with E-state index in [0.29, 0.717) is 17.3 Å². The van der Waals surface area contributed by atoms with Gasteiger partial charge in [0.1, 0.15) is 0 Å². The van der Waals surface area contributed by atoms with E-state index in [4.69, 9.17) is 5.73 Å². The third-order valence-corrected chi connectivity index (χ3v) is 3.52. The van der Waals surface area contributed by atoms with Crippen LogP contribution in [-0.2, 0) is 0 Å². The van der Waals surface area contributed by atoms with Crippen molar-refractivity contribution in [3.63, 3.8) is 0 Å². The number of hydrogen-bond donors (Lipinski definition) is 2. The molecular weight excluding hydrogens is 226 g/mol. The van der Waals surface area contributed by atoms with Crippen LogP contribution in [0.2, 0.25) is 0 Å². The van der Waals surface area contributed by atoms with Crippen LogP contribution in [0.4, 0.5) is 11.4 Å². The number of nitrogen functional groups attached to an aromatic ring is 1. The number of likely N-dealkylation sites (tertiary alicyclic amines) is 1. The topological polar surface area (TPSA) is 58.4 Å². The molecule has 1 saturated heterocycles. The van der Waals surface area contributed by atoms with Gasteiger partial charge >= 0.3 is 0 Å². The quantitative estimate of drug-likeness (QED) is 0.633. The van der Waals surface area contributed by atoms with Crippen LogP contribution >= 0.6 is 0 Å². The standard InChI is InChI=1S/C14H21N3O/c1-10(18)13-4-3-12(9-14(13)15)16-11-5-7-17(2)8-6-11/h3-4,9,11,16H,5-8,15H2,1-2H3. The average molecular weight is 247 g/mol. The zero-order valence-electron chi connectivity index (χ0n) is 11.1. The molecule has 1 aliphatic rings. The molecular formula is C14H21N3O. The monoisotopic (exact) mass is 247 g/mol. The van der Waals surface area contributed by atoms with Crippen LogP contribution in [0.5, 0.6) is 0 Å². The predicted molar refractivity (Wildman–Crippen MR) is 75.0 cm³/mol. The van der Waals surface area contributed by atoms with Gasteiger partial charge in [-0.25, -0.2) is 0 Å². The summed E-state index contributed by atoms with van der Waals surface area (Å²) in [6, 6.07) is 6.10. The summed E-state index contributed by atoms with van der Waals surface area (Å²) in [4.78, 5) is 13.6. The molecule has 0 radical (unpaired) electrons. The third kappa shape index (κ3) is 3.01. The first-order chi connectivity index (χ1) is 8.56. The Kier molecular flexibility index (Phi) is 3.87. The summed E-state index contributed by atoms with van der Waals surface area (Å²) < 4.78 is 0. The lowest BCUT2D eigenvalue weighted by Crippen LogP contribution is -2.36. The Hall–Kier alpha value is -1.55. The van der Waals surface area contributed by atoms with Crippen molar-refractivity contribution in [3.05, 3.63) is 23.8 Å². The van der Waals surface area contributed by atoms with E-state index in [-0.39, 0.29) is 5.78 Å². The molecule has 0 aromatic heterocycles. The van der Waals surface area contributed by atoms with Crippen molar-refractivity contribution in [1.82, 2.24) is 4.90 Å². The maximum Gasteiger partial charge on any atom is 0.161 e. The zero-order valence-corrected chi connectivity index (χ0v) is 11.1. The Bertz CT molecular complexity index is 437. The second-order valence-electron chi connectivity index (χ2n) is 5.08. The minimum atomic E-state index is 0.0124. The van der Waals surface area contributed by atoms with Gasteiger partial charge in [0.25, 0.3) is 0 Å². The van der Waals surface area contributed by atoms with Gasteiger partial charge in [0.2, 0.25) is 0 Å². The molecule has 1 aromatic rings. The van der Waals surface area contributed by atoms with Crippen LogP contribution in [-0.4, -0.2) is 36.9 Å². The van der Waals surface area contributed by atoms with Gasteiger partial charge in [-0.3, -0.25) is 4.79 Å². The number of nitrogens with one attached hydrogen (secondary N) is 1. The second-order valence-corrected chi connectivity index (χ2v) is 5.08. The summed E-state index contributed by atoms with van der Waals surface area (Å²) in [5.74, 6) is 0.0124. The molecule has 4 heteroatoms. The number of anilines is 2. The van der Waals surface area contributed by atoms with Crippen LogP contribution in [0.15, 0.2) is 18.2 Å². The summed E-state index contributed by atoms with van der Waals surface area (Å²) in [6.07, 6.45) is 2.29. The number of nitrogens with two attached hydrogens (primary N) is 1. The molecule has 1 heterocycles. The minimum Gasteiger partial charge on any atom is -0.398 e. The molecule has 1 aliphatic heterocycles. The van der Waals surface area contributed by atoms with Crippen molar-refractivity contribution in [1.29, 1.82) is 0 Å². The molecule has 98 valence electrons. The van der Waals surface area contributed by atoms with Gasteiger partial charge in [0.05, 0.1) is 0 Å².